The summed E-state index contributed by atoms with van der Waals surface area (Å²) in [5, 5.41) is 0.797. The lowest BCUT2D eigenvalue weighted by Crippen LogP contribution is -2.22. The number of aromatic nitrogens is 1. The van der Waals surface area contributed by atoms with Gasteiger partial charge in [0.15, 0.2) is 0 Å². The summed E-state index contributed by atoms with van der Waals surface area (Å²) < 4.78 is 14.7. The van der Waals surface area contributed by atoms with E-state index in [0.29, 0.717) is 11.1 Å². The number of hydrogen-bond acceptors (Lipinski definition) is 2. The summed E-state index contributed by atoms with van der Waals surface area (Å²) in [5.41, 5.74) is 7.51. The Hall–Kier alpha value is -3.06. The summed E-state index contributed by atoms with van der Waals surface area (Å²) in [7, 11) is 1.67. The Bertz CT molecular complexity index is 993. The monoisotopic (exact) mass is 292 g/mol. The van der Waals surface area contributed by atoms with Gasteiger partial charge in [-0.3, -0.25) is 4.79 Å². The molecule has 22 heavy (non-hydrogen) atoms. The second kappa shape index (κ2) is 5.38. The molecule has 1 heterocycles. The molecule has 0 saturated heterocycles. The zero-order chi connectivity index (χ0) is 15.7. The number of rotatable bonds is 0. The maximum atomic E-state index is 13.2. The Labute approximate surface area is 126 Å². The van der Waals surface area contributed by atoms with Crippen LogP contribution >= 0.6 is 0 Å². The maximum absolute atomic E-state index is 13.2. The number of nitrogen functional groups attached to an aromatic ring is 1. The summed E-state index contributed by atoms with van der Waals surface area (Å²) >= 11 is 0. The molecule has 3 nitrogen and oxygen atoms in total. The Balaban J connectivity index is 2.26. The molecule has 0 atom stereocenters. The Kier molecular flexibility index (Phi) is 3.40. The third-order valence-electron chi connectivity index (χ3n) is 3.50. The highest BCUT2D eigenvalue weighted by molar-refractivity contribution is 5.90. The van der Waals surface area contributed by atoms with Crippen LogP contribution in [0.4, 0.5) is 10.1 Å². The fraction of sp³-hybridized carbons (Fsp3) is 0.0556. The fourth-order valence-electron chi connectivity index (χ4n) is 2.36. The van der Waals surface area contributed by atoms with Gasteiger partial charge in [-0.15, -0.1) is 0 Å². The Morgan fingerprint density at radius 2 is 1.86 bits per heavy atom. The number of para-hydroxylation sites is 1. The van der Waals surface area contributed by atoms with Crippen molar-refractivity contribution in [2.75, 3.05) is 5.73 Å². The van der Waals surface area contributed by atoms with Crippen molar-refractivity contribution < 1.29 is 4.39 Å². The van der Waals surface area contributed by atoms with Gasteiger partial charge in [-0.05, 0) is 24.3 Å². The largest absolute Gasteiger partial charge is 0.393 e. The molecule has 0 saturated carbocycles. The van der Waals surface area contributed by atoms with Gasteiger partial charge in [0.25, 0.3) is 5.56 Å². The summed E-state index contributed by atoms with van der Waals surface area (Å²) in [4.78, 5) is 12.2. The van der Waals surface area contributed by atoms with Gasteiger partial charge in [-0.2, -0.15) is 0 Å². The van der Waals surface area contributed by atoms with E-state index in [9.17, 15) is 9.18 Å². The van der Waals surface area contributed by atoms with Crippen LogP contribution in [0.3, 0.4) is 0 Å². The van der Waals surface area contributed by atoms with E-state index in [1.54, 1.807) is 19.2 Å². The second-order valence-corrected chi connectivity index (χ2v) is 4.93. The van der Waals surface area contributed by atoms with E-state index in [2.05, 4.69) is 11.8 Å². The van der Waals surface area contributed by atoms with Gasteiger partial charge >= 0.3 is 0 Å². The summed E-state index contributed by atoms with van der Waals surface area (Å²) in [6, 6.07) is 13.4. The second-order valence-electron chi connectivity index (χ2n) is 4.93. The number of fused-ring (bicyclic) bond motifs is 1. The Morgan fingerprint density at radius 3 is 2.64 bits per heavy atom. The van der Waals surface area contributed by atoms with E-state index >= 15 is 0 Å². The molecule has 0 spiro atoms. The number of benzene rings is 2. The minimum absolute atomic E-state index is 0.102. The van der Waals surface area contributed by atoms with Crippen molar-refractivity contribution in [3.63, 3.8) is 0 Å². The van der Waals surface area contributed by atoms with E-state index in [1.807, 2.05) is 24.3 Å². The third-order valence-corrected chi connectivity index (χ3v) is 3.50. The molecular weight excluding hydrogens is 279 g/mol. The van der Waals surface area contributed by atoms with Crippen molar-refractivity contribution in [2.45, 2.75) is 0 Å². The molecule has 3 rings (SSSR count). The maximum Gasteiger partial charge on any atom is 0.275 e. The standard InChI is InChI=1S/C18H13FN2O/c1-21-16-8-3-2-7-14(16)15(17(20)18(21)22)10-9-12-5-4-6-13(19)11-12/h2-8,11H,20H2,1H3. The van der Waals surface area contributed by atoms with Gasteiger partial charge in [-0.25, -0.2) is 4.39 Å². The van der Waals surface area contributed by atoms with Crippen LogP contribution in [0.1, 0.15) is 11.1 Å². The SMILES string of the molecule is Cn1c(=O)c(N)c(C#Cc2cccc(F)c2)c2ccccc21. The van der Waals surface area contributed by atoms with Crippen molar-refractivity contribution in [1.29, 1.82) is 0 Å². The molecule has 1 aromatic heterocycles. The molecule has 108 valence electrons. The summed E-state index contributed by atoms with van der Waals surface area (Å²) in [6.07, 6.45) is 0. The molecule has 0 aliphatic heterocycles. The van der Waals surface area contributed by atoms with Crippen LogP contribution in [0.5, 0.6) is 0 Å². The lowest BCUT2D eigenvalue weighted by Gasteiger charge is -2.09. The minimum Gasteiger partial charge on any atom is -0.393 e. The molecule has 0 bridgehead atoms. The number of nitrogens with two attached hydrogens (primary N) is 1. The van der Waals surface area contributed by atoms with Gasteiger partial charge in [0, 0.05) is 18.0 Å². The molecule has 3 aromatic rings. The average Bonchev–Trinajstić information content (AvgIpc) is 2.53. The van der Waals surface area contributed by atoms with Crippen LogP contribution in [-0.2, 0) is 7.05 Å². The van der Waals surface area contributed by atoms with E-state index < -0.39 is 0 Å². The predicted molar refractivity (Wildman–Crippen MR) is 86.0 cm³/mol. The van der Waals surface area contributed by atoms with Gasteiger partial charge in [0.1, 0.15) is 11.5 Å². The highest BCUT2D eigenvalue weighted by Crippen LogP contribution is 2.20. The van der Waals surface area contributed by atoms with Crippen molar-refractivity contribution in [2.24, 2.45) is 7.05 Å². The van der Waals surface area contributed by atoms with Crippen molar-refractivity contribution in [3.05, 3.63) is 75.8 Å². The van der Waals surface area contributed by atoms with Crippen LogP contribution in [0, 0.1) is 17.7 Å². The van der Waals surface area contributed by atoms with E-state index in [1.165, 1.54) is 16.7 Å². The van der Waals surface area contributed by atoms with Gasteiger partial charge < -0.3 is 10.3 Å². The first-order valence-electron chi connectivity index (χ1n) is 6.72. The zero-order valence-corrected chi connectivity index (χ0v) is 11.9. The first-order chi connectivity index (χ1) is 10.6. The van der Waals surface area contributed by atoms with Crippen LogP contribution in [0.2, 0.25) is 0 Å². The Morgan fingerprint density at radius 1 is 1.09 bits per heavy atom. The van der Waals surface area contributed by atoms with Crippen molar-refractivity contribution in [1.82, 2.24) is 4.57 Å². The highest BCUT2D eigenvalue weighted by Gasteiger charge is 2.10. The number of aryl methyl sites for hydroxylation is 1. The van der Waals surface area contributed by atoms with Crippen LogP contribution in [0.15, 0.2) is 53.3 Å². The van der Waals surface area contributed by atoms with Gasteiger partial charge in [0.05, 0.1) is 11.1 Å². The molecule has 0 aliphatic rings. The molecule has 0 amide bonds. The first kappa shape index (κ1) is 13.9. The molecule has 4 heteroatoms. The van der Waals surface area contributed by atoms with Gasteiger partial charge in [-0.1, -0.05) is 36.1 Å². The van der Waals surface area contributed by atoms with Gasteiger partial charge in [0.2, 0.25) is 0 Å². The summed E-state index contributed by atoms with van der Waals surface area (Å²) in [6.45, 7) is 0. The smallest absolute Gasteiger partial charge is 0.275 e. The molecule has 0 unspecified atom stereocenters. The van der Waals surface area contributed by atoms with Crippen molar-refractivity contribution in [3.8, 4) is 11.8 Å². The van der Waals surface area contributed by atoms with Crippen LogP contribution in [-0.4, -0.2) is 4.57 Å². The average molecular weight is 292 g/mol. The topological polar surface area (TPSA) is 48.0 Å². The molecule has 2 aromatic carbocycles. The lowest BCUT2D eigenvalue weighted by atomic mass is 10.1. The normalized spacial score (nSPS) is 10.3. The van der Waals surface area contributed by atoms with E-state index in [4.69, 9.17) is 5.73 Å². The minimum atomic E-state index is -0.353. The molecule has 0 fully saturated rings. The molecule has 2 N–H and O–H groups in total. The highest BCUT2D eigenvalue weighted by atomic mass is 19.1. The number of anilines is 1. The third kappa shape index (κ3) is 2.33. The molecular formula is C18H13FN2O. The molecule has 0 radical (unpaired) electrons. The van der Waals surface area contributed by atoms with Crippen LogP contribution in [0.25, 0.3) is 10.9 Å². The van der Waals surface area contributed by atoms with E-state index in [-0.39, 0.29) is 17.1 Å². The molecule has 0 aliphatic carbocycles. The number of pyridine rings is 1. The van der Waals surface area contributed by atoms with Crippen LogP contribution < -0.4 is 11.3 Å². The number of halogens is 1. The quantitative estimate of drug-likeness (QED) is 0.648. The predicted octanol–water partition coefficient (Wildman–Crippen LogP) is 2.66. The first-order valence-corrected chi connectivity index (χ1v) is 6.72. The van der Waals surface area contributed by atoms with E-state index in [0.717, 1.165) is 10.9 Å². The lowest BCUT2D eigenvalue weighted by molar-refractivity contribution is 0.627. The number of nitrogens with zero attached hydrogens (tertiary/aromatic N) is 1. The number of hydrogen-bond donors (Lipinski definition) is 1. The summed E-state index contributed by atoms with van der Waals surface area (Å²) in [5.74, 6) is 5.42. The fourth-order valence-corrected chi connectivity index (χ4v) is 2.36. The van der Waals surface area contributed by atoms with Crippen molar-refractivity contribution >= 4 is 16.6 Å². The zero-order valence-electron chi connectivity index (χ0n) is 11.9.